The summed E-state index contributed by atoms with van der Waals surface area (Å²) in [5.74, 6) is 1.41. The van der Waals surface area contributed by atoms with Gasteiger partial charge in [-0.05, 0) is 31.0 Å². The Morgan fingerprint density at radius 1 is 1.53 bits per heavy atom. The predicted octanol–water partition coefficient (Wildman–Crippen LogP) is 3.25. The molecule has 2 heterocycles. The molecule has 19 heavy (non-hydrogen) atoms. The highest BCUT2D eigenvalue weighted by molar-refractivity contribution is 7.71. The number of ether oxygens (including phenoxy) is 1. The van der Waals surface area contributed by atoms with Crippen LogP contribution in [-0.4, -0.2) is 26.6 Å². The van der Waals surface area contributed by atoms with Crippen LogP contribution in [0.25, 0.3) is 11.2 Å². The van der Waals surface area contributed by atoms with Crippen molar-refractivity contribution in [1.29, 1.82) is 0 Å². The van der Waals surface area contributed by atoms with Crippen molar-refractivity contribution in [2.45, 2.75) is 38.6 Å². The van der Waals surface area contributed by atoms with Gasteiger partial charge in [-0.1, -0.05) is 19.8 Å². The third kappa shape index (κ3) is 2.25. The lowest BCUT2D eigenvalue weighted by Gasteiger charge is -2.16. The van der Waals surface area contributed by atoms with Gasteiger partial charge in [-0.2, -0.15) is 4.98 Å². The SMILES string of the molecule is CCC(CC1CC1)n1c(=S)[nH]c2c(OC)ncnc21. The number of H-pyrrole nitrogens is 1. The summed E-state index contributed by atoms with van der Waals surface area (Å²) in [5.41, 5.74) is 1.65. The van der Waals surface area contributed by atoms with Crippen LogP contribution < -0.4 is 4.74 Å². The maximum absolute atomic E-state index is 5.46. The highest BCUT2D eigenvalue weighted by Crippen LogP contribution is 2.39. The average Bonchev–Trinajstić information content (AvgIpc) is 3.17. The molecule has 0 amide bonds. The van der Waals surface area contributed by atoms with Crippen molar-refractivity contribution in [3.05, 3.63) is 11.1 Å². The summed E-state index contributed by atoms with van der Waals surface area (Å²) in [4.78, 5) is 11.7. The molecule has 0 radical (unpaired) electrons. The number of aromatic nitrogens is 4. The molecule has 0 saturated heterocycles. The van der Waals surface area contributed by atoms with Crippen LogP contribution in [0.4, 0.5) is 0 Å². The first-order valence-electron chi connectivity index (χ1n) is 6.73. The predicted molar refractivity (Wildman–Crippen MR) is 75.9 cm³/mol. The molecule has 6 heteroatoms. The molecule has 1 aliphatic carbocycles. The van der Waals surface area contributed by atoms with Crippen molar-refractivity contribution in [2.24, 2.45) is 5.92 Å². The second kappa shape index (κ2) is 4.92. The Balaban J connectivity index is 2.11. The highest BCUT2D eigenvalue weighted by Gasteiger charge is 2.27. The van der Waals surface area contributed by atoms with E-state index in [-0.39, 0.29) is 0 Å². The Bertz CT molecular complexity index is 644. The number of methoxy groups -OCH3 is 1. The second-order valence-corrected chi connectivity index (χ2v) is 5.51. The number of hydrogen-bond donors (Lipinski definition) is 1. The van der Waals surface area contributed by atoms with Crippen LogP contribution >= 0.6 is 12.2 Å². The molecule has 0 aliphatic heterocycles. The van der Waals surface area contributed by atoms with Gasteiger partial charge in [-0.25, -0.2) is 4.98 Å². The number of fused-ring (bicyclic) bond motifs is 1. The van der Waals surface area contributed by atoms with E-state index in [0.29, 0.717) is 16.7 Å². The molecule has 2 aromatic rings. The van der Waals surface area contributed by atoms with Crippen molar-refractivity contribution in [3.63, 3.8) is 0 Å². The van der Waals surface area contributed by atoms with Gasteiger partial charge in [0, 0.05) is 6.04 Å². The van der Waals surface area contributed by atoms with Crippen LogP contribution in [0.5, 0.6) is 5.88 Å². The molecule has 1 N–H and O–H groups in total. The number of nitrogens with zero attached hydrogens (tertiary/aromatic N) is 3. The molecule has 2 aromatic heterocycles. The van der Waals surface area contributed by atoms with Gasteiger partial charge in [0.05, 0.1) is 7.11 Å². The Morgan fingerprint density at radius 3 is 2.95 bits per heavy atom. The first kappa shape index (κ1) is 12.6. The lowest BCUT2D eigenvalue weighted by atomic mass is 10.1. The molecule has 1 saturated carbocycles. The smallest absolute Gasteiger partial charge is 0.242 e. The fourth-order valence-corrected chi connectivity index (χ4v) is 2.94. The molecule has 0 bridgehead atoms. The molecule has 1 fully saturated rings. The average molecular weight is 278 g/mol. The number of hydrogen-bond acceptors (Lipinski definition) is 4. The van der Waals surface area contributed by atoms with Gasteiger partial charge in [-0.3, -0.25) is 4.57 Å². The zero-order valence-corrected chi connectivity index (χ0v) is 12.0. The van der Waals surface area contributed by atoms with Crippen molar-refractivity contribution in [2.75, 3.05) is 7.11 Å². The van der Waals surface area contributed by atoms with E-state index in [9.17, 15) is 0 Å². The standard InChI is InChI=1S/C13H18N4OS/c1-3-9(6-8-4-5-8)17-11-10(16-13(17)19)12(18-2)15-7-14-11/h7-9H,3-6H2,1-2H3,(H,16,19). The van der Waals surface area contributed by atoms with E-state index in [1.807, 2.05) is 0 Å². The zero-order chi connectivity index (χ0) is 13.4. The molecule has 1 aliphatic rings. The maximum Gasteiger partial charge on any atom is 0.242 e. The molecule has 5 nitrogen and oxygen atoms in total. The zero-order valence-electron chi connectivity index (χ0n) is 11.2. The van der Waals surface area contributed by atoms with E-state index in [1.54, 1.807) is 7.11 Å². The van der Waals surface area contributed by atoms with Crippen LogP contribution in [0.15, 0.2) is 6.33 Å². The summed E-state index contributed by atoms with van der Waals surface area (Å²) >= 11 is 5.46. The Kier molecular flexibility index (Phi) is 3.26. The summed E-state index contributed by atoms with van der Waals surface area (Å²) in [6.07, 6.45) is 6.48. The highest BCUT2D eigenvalue weighted by atomic mass is 32.1. The summed E-state index contributed by atoms with van der Waals surface area (Å²) in [7, 11) is 1.61. The third-order valence-corrected chi connectivity index (χ3v) is 4.10. The van der Waals surface area contributed by atoms with E-state index in [2.05, 4.69) is 26.4 Å². The summed E-state index contributed by atoms with van der Waals surface area (Å²) < 4.78 is 8.10. The molecule has 0 spiro atoms. The third-order valence-electron chi connectivity index (χ3n) is 3.80. The topological polar surface area (TPSA) is 55.7 Å². The van der Waals surface area contributed by atoms with E-state index in [1.165, 1.54) is 25.6 Å². The largest absolute Gasteiger partial charge is 0.479 e. The van der Waals surface area contributed by atoms with Gasteiger partial charge in [0.15, 0.2) is 10.4 Å². The van der Waals surface area contributed by atoms with E-state index in [0.717, 1.165) is 23.5 Å². The molecular formula is C13H18N4OS. The Hall–Kier alpha value is -1.43. The van der Waals surface area contributed by atoms with Crippen molar-refractivity contribution >= 4 is 23.4 Å². The van der Waals surface area contributed by atoms with E-state index >= 15 is 0 Å². The minimum absolute atomic E-state index is 0.411. The molecule has 1 unspecified atom stereocenters. The molecule has 1 atom stereocenters. The normalized spacial score (nSPS) is 16.7. The van der Waals surface area contributed by atoms with Crippen molar-refractivity contribution < 1.29 is 4.74 Å². The minimum Gasteiger partial charge on any atom is -0.479 e. The van der Waals surface area contributed by atoms with Crippen LogP contribution in [0, 0.1) is 10.7 Å². The Morgan fingerprint density at radius 2 is 2.32 bits per heavy atom. The quantitative estimate of drug-likeness (QED) is 0.853. The van der Waals surface area contributed by atoms with Crippen LogP contribution in [0.3, 0.4) is 0 Å². The number of nitrogens with one attached hydrogen (secondary N) is 1. The summed E-state index contributed by atoms with van der Waals surface area (Å²) in [5, 5.41) is 0. The molecular weight excluding hydrogens is 260 g/mol. The summed E-state index contributed by atoms with van der Waals surface area (Å²) in [6.45, 7) is 2.20. The maximum atomic E-state index is 5.46. The van der Waals surface area contributed by atoms with Crippen LogP contribution in [0.2, 0.25) is 0 Å². The fraction of sp³-hybridized carbons (Fsp3) is 0.615. The van der Waals surface area contributed by atoms with Gasteiger partial charge in [-0.15, -0.1) is 0 Å². The van der Waals surface area contributed by atoms with Gasteiger partial charge in [0.2, 0.25) is 5.88 Å². The van der Waals surface area contributed by atoms with Gasteiger partial charge >= 0.3 is 0 Å². The molecule has 0 aromatic carbocycles. The van der Waals surface area contributed by atoms with Gasteiger partial charge < -0.3 is 9.72 Å². The van der Waals surface area contributed by atoms with Gasteiger partial charge in [0.1, 0.15) is 11.8 Å². The lowest BCUT2D eigenvalue weighted by molar-refractivity contribution is 0.401. The first-order valence-corrected chi connectivity index (χ1v) is 7.14. The van der Waals surface area contributed by atoms with Crippen molar-refractivity contribution in [1.82, 2.24) is 19.5 Å². The van der Waals surface area contributed by atoms with E-state index < -0.39 is 0 Å². The van der Waals surface area contributed by atoms with Crippen LogP contribution in [-0.2, 0) is 0 Å². The monoisotopic (exact) mass is 278 g/mol. The molecule has 3 rings (SSSR count). The van der Waals surface area contributed by atoms with Gasteiger partial charge in [0.25, 0.3) is 0 Å². The first-order chi connectivity index (χ1) is 9.24. The summed E-state index contributed by atoms with van der Waals surface area (Å²) in [6, 6.07) is 0.411. The number of imidazole rings is 1. The second-order valence-electron chi connectivity index (χ2n) is 5.12. The fourth-order valence-electron chi connectivity index (χ4n) is 2.60. The molecule has 102 valence electrons. The van der Waals surface area contributed by atoms with E-state index in [4.69, 9.17) is 17.0 Å². The Labute approximate surface area is 117 Å². The number of rotatable bonds is 5. The minimum atomic E-state index is 0.411. The van der Waals surface area contributed by atoms with Crippen LogP contribution in [0.1, 0.15) is 38.6 Å². The van der Waals surface area contributed by atoms with Crippen molar-refractivity contribution in [3.8, 4) is 5.88 Å². The number of aromatic amines is 1. The lowest BCUT2D eigenvalue weighted by Crippen LogP contribution is -2.10.